The van der Waals surface area contributed by atoms with Crippen molar-refractivity contribution in [2.75, 3.05) is 5.32 Å². The lowest BCUT2D eigenvalue weighted by molar-refractivity contribution is -0.0498. The predicted octanol–water partition coefficient (Wildman–Crippen LogP) is 3.27. The van der Waals surface area contributed by atoms with Crippen LogP contribution in [-0.4, -0.2) is 18.5 Å². The minimum atomic E-state index is -2.90. The van der Waals surface area contributed by atoms with E-state index in [4.69, 9.17) is 5.73 Å². The van der Waals surface area contributed by atoms with Crippen LogP contribution in [0.3, 0.4) is 0 Å². The second kappa shape index (κ2) is 8.09. The molecule has 0 radical (unpaired) electrons. The molecule has 2 aromatic rings. The average molecular weight is 349 g/mol. The highest BCUT2D eigenvalue weighted by Gasteiger charge is 2.11. The first-order chi connectivity index (χ1) is 11.8. The number of nitrogens with one attached hydrogen (secondary N) is 2. The molecule has 2 aromatic carbocycles. The highest BCUT2D eigenvalue weighted by atomic mass is 19.3. The number of urea groups is 1. The van der Waals surface area contributed by atoms with Gasteiger partial charge < -0.3 is 21.1 Å². The largest absolute Gasteiger partial charge is 0.435 e. The van der Waals surface area contributed by atoms with E-state index in [1.807, 2.05) is 0 Å². The topological polar surface area (TPSA) is 93.4 Å². The molecule has 0 fully saturated rings. The van der Waals surface area contributed by atoms with Crippen LogP contribution >= 0.6 is 0 Å². The highest BCUT2D eigenvalue weighted by Crippen LogP contribution is 2.18. The fourth-order valence-corrected chi connectivity index (χ4v) is 2.10. The van der Waals surface area contributed by atoms with Gasteiger partial charge in [0.15, 0.2) is 0 Å². The van der Waals surface area contributed by atoms with Crippen LogP contribution in [0.15, 0.2) is 48.5 Å². The number of benzene rings is 2. The van der Waals surface area contributed by atoms with Crippen molar-refractivity contribution in [2.45, 2.75) is 19.6 Å². The number of nitrogens with two attached hydrogens (primary N) is 1. The van der Waals surface area contributed by atoms with E-state index in [-0.39, 0.29) is 11.8 Å². The van der Waals surface area contributed by atoms with Crippen molar-refractivity contribution in [1.29, 1.82) is 0 Å². The maximum atomic E-state index is 12.1. The van der Waals surface area contributed by atoms with Gasteiger partial charge in [-0.25, -0.2) is 4.79 Å². The van der Waals surface area contributed by atoms with Gasteiger partial charge >= 0.3 is 12.6 Å². The van der Waals surface area contributed by atoms with Crippen LogP contribution in [0.25, 0.3) is 0 Å². The van der Waals surface area contributed by atoms with E-state index in [1.165, 1.54) is 24.3 Å². The number of carbonyl (C=O) groups excluding carboxylic acids is 2. The van der Waals surface area contributed by atoms with E-state index in [2.05, 4.69) is 15.4 Å². The summed E-state index contributed by atoms with van der Waals surface area (Å²) in [4.78, 5) is 23.0. The number of ether oxygens (including phenoxy) is 1. The smallest absolute Gasteiger partial charge is 0.387 e. The van der Waals surface area contributed by atoms with Crippen molar-refractivity contribution in [3.05, 3.63) is 59.7 Å². The van der Waals surface area contributed by atoms with Gasteiger partial charge in [0.25, 0.3) is 0 Å². The summed E-state index contributed by atoms with van der Waals surface area (Å²) in [6.45, 7) is -1.12. The fourth-order valence-electron chi connectivity index (χ4n) is 2.10. The zero-order valence-electron chi connectivity index (χ0n) is 13.3. The zero-order valence-corrected chi connectivity index (χ0v) is 13.3. The minimum Gasteiger partial charge on any atom is -0.435 e. The van der Waals surface area contributed by atoms with Crippen LogP contribution in [-0.2, 0) is 0 Å². The summed E-state index contributed by atoms with van der Waals surface area (Å²) in [5, 5.41) is 5.31. The van der Waals surface area contributed by atoms with E-state index in [9.17, 15) is 18.4 Å². The highest BCUT2D eigenvalue weighted by molar-refractivity contribution is 5.92. The van der Waals surface area contributed by atoms with Gasteiger partial charge in [0.05, 0.1) is 6.04 Å². The normalized spacial score (nSPS) is 11.7. The summed E-state index contributed by atoms with van der Waals surface area (Å²) in [7, 11) is 0. The number of amides is 3. The second-order valence-electron chi connectivity index (χ2n) is 5.21. The first-order valence-corrected chi connectivity index (χ1v) is 7.37. The van der Waals surface area contributed by atoms with Gasteiger partial charge in [-0.1, -0.05) is 12.1 Å². The first-order valence-electron chi connectivity index (χ1n) is 7.37. The number of alkyl halides is 2. The average Bonchev–Trinajstić information content (AvgIpc) is 2.56. The van der Waals surface area contributed by atoms with Gasteiger partial charge in [0.1, 0.15) is 5.75 Å². The number of primary amides is 1. The molecule has 3 amide bonds. The number of carbonyl (C=O) groups is 2. The molecule has 4 N–H and O–H groups in total. The Hall–Kier alpha value is -3.16. The molecule has 0 heterocycles. The lowest BCUT2D eigenvalue weighted by Gasteiger charge is -2.15. The van der Waals surface area contributed by atoms with Gasteiger partial charge in [-0.2, -0.15) is 8.78 Å². The number of anilines is 1. The Balaban J connectivity index is 1.91. The molecular formula is C17H17F2N3O3. The van der Waals surface area contributed by atoms with Gasteiger partial charge in [-0.05, 0) is 48.9 Å². The molecule has 0 saturated heterocycles. The van der Waals surface area contributed by atoms with Crippen LogP contribution in [0.4, 0.5) is 19.3 Å². The lowest BCUT2D eigenvalue weighted by Crippen LogP contribution is -2.31. The van der Waals surface area contributed by atoms with Gasteiger partial charge in [0, 0.05) is 11.3 Å². The van der Waals surface area contributed by atoms with E-state index in [1.54, 1.807) is 31.2 Å². The number of rotatable bonds is 6. The van der Waals surface area contributed by atoms with Gasteiger partial charge in [-0.15, -0.1) is 0 Å². The number of halogens is 2. The van der Waals surface area contributed by atoms with E-state index < -0.39 is 18.5 Å². The van der Waals surface area contributed by atoms with Crippen molar-refractivity contribution < 1.29 is 23.1 Å². The Morgan fingerprint density at radius 3 is 2.16 bits per heavy atom. The monoisotopic (exact) mass is 349 g/mol. The van der Waals surface area contributed by atoms with Crippen molar-refractivity contribution >= 4 is 17.6 Å². The summed E-state index contributed by atoms with van der Waals surface area (Å²) in [5.41, 5.74) is 6.77. The molecule has 132 valence electrons. The fraction of sp³-hybridized carbons (Fsp3) is 0.176. The molecule has 1 unspecified atom stereocenters. The second-order valence-corrected chi connectivity index (χ2v) is 5.21. The lowest BCUT2D eigenvalue weighted by atomic mass is 10.1. The predicted molar refractivity (Wildman–Crippen MR) is 88.6 cm³/mol. The molecule has 1 atom stereocenters. The van der Waals surface area contributed by atoms with Crippen molar-refractivity contribution in [3.8, 4) is 5.75 Å². The van der Waals surface area contributed by atoms with Crippen LogP contribution in [0.2, 0.25) is 0 Å². The molecule has 0 aliphatic rings. The molecule has 0 bridgehead atoms. The maximum absolute atomic E-state index is 12.1. The Bertz CT molecular complexity index is 734. The molecule has 2 rings (SSSR count). The maximum Gasteiger partial charge on any atom is 0.387 e. The zero-order chi connectivity index (χ0) is 18.4. The van der Waals surface area contributed by atoms with Gasteiger partial charge in [0.2, 0.25) is 5.91 Å². The molecule has 0 spiro atoms. The molecule has 0 aliphatic heterocycles. The number of hydrogen-bond acceptors (Lipinski definition) is 3. The third-order valence-corrected chi connectivity index (χ3v) is 3.38. The quantitative estimate of drug-likeness (QED) is 0.747. The van der Waals surface area contributed by atoms with Crippen LogP contribution in [0.1, 0.15) is 28.9 Å². The van der Waals surface area contributed by atoms with Crippen molar-refractivity contribution in [1.82, 2.24) is 5.32 Å². The summed E-state index contributed by atoms with van der Waals surface area (Å²) < 4.78 is 28.4. The van der Waals surface area contributed by atoms with Gasteiger partial charge in [-0.3, -0.25) is 4.79 Å². The minimum absolute atomic E-state index is 0.00358. The Kier molecular flexibility index (Phi) is 5.89. The standard InChI is InChI=1S/C17H17F2N3O3/c1-10(11-2-4-12(5-3-11)15(20)23)21-17(24)22-13-6-8-14(9-7-13)25-16(18)19/h2-10,16H,1H3,(H2,20,23)(H2,21,22,24). The molecular weight excluding hydrogens is 332 g/mol. The first kappa shape index (κ1) is 18.2. The van der Waals surface area contributed by atoms with E-state index in [0.717, 1.165) is 5.56 Å². The van der Waals surface area contributed by atoms with Crippen LogP contribution in [0, 0.1) is 0 Å². The number of hydrogen-bond donors (Lipinski definition) is 3. The summed E-state index contributed by atoms with van der Waals surface area (Å²) in [6.07, 6.45) is 0. The summed E-state index contributed by atoms with van der Waals surface area (Å²) in [5.74, 6) is -0.520. The van der Waals surface area contributed by atoms with E-state index >= 15 is 0 Å². The molecule has 6 nitrogen and oxygen atoms in total. The molecule has 8 heteroatoms. The van der Waals surface area contributed by atoms with Crippen LogP contribution < -0.4 is 21.1 Å². The summed E-state index contributed by atoms with van der Waals surface area (Å²) >= 11 is 0. The Morgan fingerprint density at radius 2 is 1.64 bits per heavy atom. The molecule has 0 saturated carbocycles. The SMILES string of the molecule is CC(NC(=O)Nc1ccc(OC(F)F)cc1)c1ccc(C(N)=O)cc1. The third-order valence-electron chi connectivity index (χ3n) is 3.38. The molecule has 0 aromatic heterocycles. The van der Waals surface area contributed by atoms with Crippen LogP contribution in [0.5, 0.6) is 5.75 Å². The Morgan fingerprint density at radius 1 is 1.04 bits per heavy atom. The van der Waals surface area contributed by atoms with Crippen molar-refractivity contribution in [2.24, 2.45) is 5.73 Å². The Labute approximate surface area is 143 Å². The van der Waals surface area contributed by atoms with Crippen molar-refractivity contribution in [3.63, 3.8) is 0 Å². The molecule has 0 aliphatic carbocycles. The molecule has 25 heavy (non-hydrogen) atoms. The third kappa shape index (κ3) is 5.45. The summed E-state index contributed by atoms with van der Waals surface area (Å²) in [6, 6.07) is 11.3. The van der Waals surface area contributed by atoms with E-state index in [0.29, 0.717) is 11.3 Å².